The van der Waals surface area contributed by atoms with Crippen LogP contribution in [0.1, 0.15) is 48.0 Å². The summed E-state index contributed by atoms with van der Waals surface area (Å²) in [6.07, 6.45) is -5.89. The SMILES string of the molecule is CC[C@H](OC(C)=O)C(OC(C)=O)C(OC(C)=O)C(OC)[C@@H](COC(C)=O)OC(C)=O. The van der Waals surface area contributed by atoms with Gasteiger partial charge < -0.3 is 28.4 Å². The van der Waals surface area contributed by atoms with Crippen LogP contribution >= 0.6 is 0 Å². The van der Waals surface area contributed by atoms with Gasteiger partial charge in [-0.15, -0.1) is 0 Å². The lowest BCUT2D eigenvalue weighted by Crippen LogP contribution is -2.56. The molecule has 0 bridgehead atoms. The fourth-order valence-corrected chi connectivity index (χ4v) is 2.76. The molecule has 0 heterocycles. The summed E-state index contributed by atoms with van der Waals surface area (Å²) in [6.45, 7) is 6.95. The fourth-order valence-electron chi connectivity index (χ4n) is 2.76. The average molecular weight is 434 g/mol. The summed E-state index contributed by atoms with van der Waals surface area (Å²) in [5.74, 6) is -3.50. The number of hydrogen-bond acceptors (Lipinski definition) is 11. The molecule has 0 rings (SSSR count). The van der Waals surface area contributed by atoms with E-state index in [-0.39, 0.29) is 6.42 Å². The molecule has 0 amide bonds. The highest BCUT2D eigenvalue weighted by molar-refractivity contribution is 5.69. The van der Waals surface area contributed by atoms with Crippen LogP contribution in [0.15, 0.2) is 0 Å². The van der Waals surface area contributed by atoms with Crippen LogP contribution < -0.4 is 0 Å². The van der Waals surface area contributed by atoms with Crippen molar-refractivity contribution in [3.63, 3.8) is 0 Å². The molecule has 0 aromatic heterocycles. The predicted molar refractivity (Wildman–Crippen MR) is 99.9 cm³/mol. The van der Waals surface area contributed by atoms with E-state index >= 15 is 0 Å². The van der Waals surface area contributed by atoms with E-state index in [9.17, 15) is 24.0 Å². The van der Waals surface area contributed by atoms with Crippen LogP contribution in [0, 0.1) is 0 Å². The third-order valence-electron chi connectivity index (χ3n) is 3.74. The molecule has 5 atom stereocenters. The van der Waals surface area contributed by atoms with Gasteiger partial charge in [-0.3, -0.25) is 24.0 Å². The van der Waals surface area contributed by atoms with Crippen molar-refractivity contribution in [1.82, 2.24) is 0 Å². The monoisotopic (exact) mass is 434 g/mol. The molecule has 0 fully saturated rings. The van der Waals surface area contributed by atoms with E-state index in [1.807, 2.05) is 0 Å². The Hall–Kier alpha value is -2.69. The maximum absolute atomic E-state index is 11.8. The number of rotatable bonds is 12. The average Bonchev–Trinajstić information content (AvgIpc) is 2.60. The van der Waals surface area contributed by atoms with Crippen molar-refractivity contribution in [3.05, 3.63) is 0 Å². The molecule has 11 heteroatoms. The van der Waals surface area contributed by atoms with Crippen molar-refractivity contribution in [1.29, 1.82) is 0 Å². The Balaban J connectivity index is 6.22. The molecule has 3 unspecified atom stereocenters. The minimum Gasteiger partial charge on any atom is -0.462 e. The van der Waals surface area contributed by atoms with Crippen molar-refractivity contribution >= 4 is 29.8 Å². The molecule has 0 aliphatic rings. The second-order valence-corrected chi connectivity index (χ2v) is 6.36. The molecule has 0 aromatic carbocycles. The van der Waals surface area contributed by atoms with Crippen LogP contribution in [0.3, 0.4) is 0 Å². The quantitative estimate of drug-likeness (QED) is 0.316. The Morgan fingerprint density at radius 3 is 1.40 bits per heavy atom. The molecule has 0 aromatic rings. The van der Waals surface area contributed by atoms with Gasteiger partial charge in [0.2, 0.25) is 0 Å². The Morgan fingerprint density at radius 2 is 1.03 bits per heavy atom. The Bertz CT molecular complexity index is 616. The zero-order valence-corrected chi connectivity index (χ0v) is 18.3. The van der Waals surface area contributed by atoms with Gasteiger partial charge >= 0.3 is 29.8 Å². The van der Waals surface area contributed by atoms with Crippen molar-refractivity contribution in [3.8, 4) is 0 Å². The van der Waals surface area contributed by atoms with Gasteiger partial charge in [0, 0.05) is 41.7 Å². The van der Waals surface area contributed by atoms with Crippen molar-refractivity contribution in [2.45, 2.75) is 78.5 Å². The van der Waals surface area contributed by atoms with Gasteiger partial charge in [-0.2, -0.15) is 0 Å². The van der Waals surface area contributed by atoms with Gasteiger partial charge in [0.25, 0.3) is 0 Å². The lowest BCUT2D eigenvalue weighted by atomic mass is 9.96. The number of esters is 5. The van der Waals surface area contributed by atoms with E-state index in [0.717, 1.165) is 27.7 Å². The zero-order chi connectivity index (χ0) is 23.4. The van der Waals surface area contributed by atoms with E-state index in [1.165, 1.54) is 14.0 Å². The minimum atomic E-state index is -1.36. The second kappa shape index (κ2) is 13.5. The van der Waals surface area contributed by atoms with Gasteiger partial charge in [-0.05, 0) is 6.42 Å². The molecule has 0 radical (unpaired) electrons. The largest absolute Gasteiger partial charge is 0.462 e. The maximum atomic E-state index is 11.8. The third-order valence-corrected chi connectivity index (χ3v) is 3.74. The number of hydrogen-bond donors (Lipinski definition) is 0. The van der Waals surface area contributed by atoms with Crippen molar-refractivity contribution in [2.24, 2.45) is 0 Å². The molecule has 11 nitrogen and oxygen atoms in total. The summed E-state index contributed by atoms with van der Waals surface area (Å²) in [5.41, 5.74) is 0. The van der Waals surface area contributed by atoms with Crippen molar-refractivity contribution in [2.75, 3.05) is 13.7 Å². The van der Waals surface area contributed by atoms with Crippen LogP contribution in [-0.4, -0.2) is 74.1 Å². The molecule has 0 N–H and O–H groups in total. The molecule has 0 saturated carbocycles. The van der Waals surface area contributed by atoms with Gasteiger partial charge in [-0.25, -0.2) is 0 Å². The van der Waals surface area contributed by atoms with Gasteiger partial charge in [0.05, 0.1) is 0 Å². The molecule has 0 saturated heterocycles. The highest BCUT2D eigenvalue weighted by Gasteiger charge is 2.45. The fraction of sp³-hybridized carbons (Fsp3) is 0.737. The van der Waals surface area contributed by atoms with Crippen LogP contribution in [0.4, 0.5) is 0 Å². The first kappa shape index (κ1) is 27.3. The summed E-state index contributed by atoms with van der Waals surface area (Å²) in [4.78, 5) is 57.8. The molecule has 0 aliphatic heterocycles. The second-order valence-electron chi connectivity index (χ2n) is 6.36. The summed E-state index contributed by atoms with van der Waals surface area (Å²) >= 11 is 0. The van der Waals surface area contributed by atoms with Gasteiger partial charge in [-0.1, -0.05) is 6.92 Å². The third kappa shape index (κ3) is 10.2. The number of methoxy groups -OCH3 is 1. The van der Waals surface area contributed by atoms with Gasteiger partial charge in [0.1, 0.15) is 18.8 Å². The standard InChI is InChI=1S/C19H30O11/c1-8-15(27-11(3)21)18(29-13(5)23)19(30-14(6)24)17(25-7)16(28-12(4)22)9-26-10(2)20/h15-19H,8-9H2,1-7H3/t15-,16+,17?,18?,19?/m0/s1. The predicted octanol–water partition coefficient (Wildman–Crippen LogP) is 0.701. The van der Waals surface area contributed by atoms with Crippen LogP contribution in [0.25, 0.3) is 0 Å². The van der Waals surface area contributed by atoms with Crippen LogP contribution in [0.2, 0.25) is 0 Å². The minimum absolute atomic E-state index is 0.202. The molecular weight excluding hydrogens is 404 g/mol. The number of ether oxygens (including phenoxy) is 6. The van der Waals surface area contributed by atoms with E-state index in [4.69, 9.17) is 28.4 Å². The Morgan fingerprint density at radius 1 is 0.600 bits per heavy atom. The van der Waals surface area contributed by atoms with Gasteiger partial charge in [0.15, 0.2) is 18.3 Å². The summed E-state index contributed by atoms with van der Waals surface area (Å²) in [6, 6.07) is 0. The number of carbonyl (C=O) groups is 5. The molecule has 0 spiro atoms. The lowest BCUT2D eigenvalue weighted by molar-refractivity contribution is -0.209. The van der Waals surface area contributed by atoms with Crippen LogP contribution in [0.5, 0.6) is 0 Å². The molecule has 0 aliphatic carbocycles. The number of carbonyl (C=O) groups excluding carboxylic acids is 5. The summed E-state index contributed by atoms with van der Waals surface area (Å²) in [7, 11) is 1.24. The highest BCUT2D eigenvalue weighted by atomic mass is 16.6. The molecule has 30 heavy (non-hydrogen) atoms. The lowest BCUT2D eigenvalue weighted by Gasteiger charge is -2.37. The highest BCUT2D eigenvalue weighted by Crippen LogP contribution is 2.24. The molecular formula is C19H30O11. The first-order valence-corrected chi connectivity index (χ1v) is 9.27. The summed E-state index contributed by atoms with van der Waals surface area (Å²) in [5, 5.41) is 0. The van der Waals surface area contributed by atoms with E-state index in [0.29, 0.717) is 0 Å². The first-order valence-electron chi connectivity index (χ1n) is 9.27. The van der Waals surface area contributed by atoms with Crippen molar-refractivity contribution < 1.29 is 52.4 Å². The first-order chi connectivity index (χ1) is 13.9. The van der Waals surface area contributed by atoms with Crippen LogP contribution in [-0.2, 0) is 52.4 Å². The van der Waals surface area contributed by atoms with E-state index in [2.05, 4.69) is 0 Å². The van der Waals surface area contributed by atoms with E-state index in [1.54, 1.807) is 6.92 Å². The molecule has 172 valence electrons. The maximum Gasteiger partial charge on any atom is 0.303 e. The summed E-state index contributed by atoms with van der Waals surface area (Å²) < 4.78 is 31.4. The zero-order valence-electron chi connectivity index (χ0n) is 18.3. The van der Waals surface area contributed by atoms with E-state index < -0.39 is 67.0 Å². The Labute approximate surface area is 175 Å². The normalized spacial score (nSPS) is 15.6. The topological polar surface area (TPSA) is 141 Å². The Kier molecular flexibility index (Phi) is 12.3. The smallest absolute Gasteiger partial charge is 0.303 e.